The van der Waals surface area contributed by atoms with E-state index in [-0.39, 0.29) is 0 Å². The second-order valence-corrected chi connectivity index (χ2v) is 5.41. The molecule has 2 rings (SSSR count). The smallest absolute Gasteiger partial charge is 0.311 e. The largest absolute Gasteiger partial charge is 0.481 e. The van der Waals surface area contributed by atoms with Crippen LogP contribution in [0.4, 0.5) is 5.69 Å². The van der Waals surface area contributed by atoms with E-state index in [0.29, 0.717) is 6.54 Å². The zero-order chi connectivity index (χ0) is 13.2. The highest BCUT2D eigenvalue weighted by Crippen LogP contribution is 2.32. The third-order valence-electron chi connectivity index (χ3n) is 3.92. The first-order valence-corrected chi connectivity index (χ1v) is 6.62. The lowest BCUT2D eigenvalue weighted by molar-refractivity contribution is -0.148. The zero-order valence-electron chi connectivity index (χ0n) is 11.1. The van der Waals surface area contributed by atoms with Gasteiger partial charge in [-0.15, -0.1) is 0 Å². The first-order chi connectivity index (χ1) is 8.55. The van der Waals surface area contributed by atoms with Crippen LogP contribution in [-0.4, -0.2) is 24.2 Å². The number of carboxylic acid groups (broad SMARTS) is 1. The summed E-state index contributed by atoms with van der Waals surface area (Å²) in [6.45, 7) is 5.54. The molecule has 0 spiro atoms. The molecule has 0 radical (unpaired) electrons. The maximum absolute atomic E-state index is 11.3. The maximum Gasteiger partial charge on any atom is 0.311 e. The first-order valence-electron chi connectivity index (χ1n) is 6.62. The summed E-state index contributed by atoms with van der Waals surface area (Å²) in [7, 11) is 0. The summed E-state index contributed by atoms with van der Waals surface area (Å²) in [4.78, 5) is 13.5. The van der Waals surface area contributed by atoms with E-state index >= 15 is 0 Å². The van der Waals surface area contributed by atoms with Gasteiger partial charge in [0, 0.05) is 18.8 Å². The molecule has 1 aliphatic rings. The third-order valence-corrected chi connectivity index (χ3v) is 3.92. The number of aliphatic carboxylic acids is 1. The van der Waals surface area contributed by atoms with Crippen LogP contribution in [0.1, 0.15) is 32.3 Å². The molecule has 3 heteroatoms. The van der Waals surface area contributed by atoms with E-state index in [9.17, 15) is 9.90 Å². The van der Waals surface area contributed by atoms with Crippen LogP contribution in [0, 0.1) is 5.41 Å². The van der Waals surface area contributed by atoms with Gasteiger partial charge in [-0.3, -0.25) is 4.79 Å². The third kappa shape index (κ3) is 2.50. The highest BCUT2D eigenvalue weighted by atomic mass is 16.4. The van der Waals surface area contributed by atoms with Crippen LogP contribution in [0.3, 0.4) is 0 Å². The Morgan fingerprint density at radius 1 is 1.39 bits per heavy atom. The zero-order valence-corrected chi connectivity index (χ0v) is 11.1. The van der Waals surface area contributed by atoms with E-state index in [1.807, 2.05) is 6.92 Å². The lowest BCUT2D eigenvalue weighted by atomic mass is 9.82. The number of anilines is 1. The van der Waals surface area contributed by atoms with E-state index in [2.05, 4.69) is 36.1 Å². The lowest BCUT2D eigenvalue weighted by Crippen LogP contribution is -2.46. The van der Waals surface area contributed by atoms with Gasteiger partial charge in [0.15, 0.2) is 0 Å². The van der Waals surface area contributed by atoms with Crippen LogP contribution in [0.5, 0.6) is 0 Å². The minimum absolute atomic E-state index is 0.605. The lowest BCUT2D eigenvalue weighted by Gasteiger charge is -2.39. The minimum atomic E-state index is -0.683. The molecule has 98 valence electrons. The molecule has 1 aromatic rings. The fourth-order valence-corrected chi connectivity index (χ4v) is 2.58. The van der Waals surface area contributed by atoms with E-state index in [4.69, 9.17) is 0 Å². The SMILES string of the molecule is CCc1ccc(N2CCCC(C)(C(=O)O)C2)cc1. The fraction of sp³-hybridized carbons (Fsp3) is 0.533. The van der Waals surface area contributed by atoms with Gasteiger partial charge in [-0.25, -0.2) is 0 Å². The van der Waals surface area contributed by atoms with Crippen LogP contribution >= 0.6 is 0 Å². The topological polar surface area (TPSA) is 40.5 Å². The van der Waals surface area contributed by atoms with Crippen molar-refractivity contribution >= 4 is 11.7 Å². The number of hydrogen-bond donors (Lipinski definition) is 1. The Hall–Kier alpha value is -1.51. The van der Waals surface area contributed by atoms with Gasteiger partial charge >= 0.3 is 5.97 Å². The number of carboxylic acids is 1. The quantitative estimate of drug-likeness (QED) is 0.892. The molecule has 0 aromatic heterocycles. The van der Waals surface area contributed by atoms with Crippen LogP contribution in [-0.2, 0) is 11.2 Å². The minimum Gasteiger partial charge on any atom is -0.481 e. The number of nitrogens with zero attached hydrogens (tertiary/aromatic N) is 1. The van der Waals surface area contributed by atoms with Gasteiger partial charge < -0.3 is 10.0 Å². The van der Waals surface area contributed by atoms with Gasteiger partial charge in [-0.1, -0.05) is 19.1 Å². The van der Waals surface area contributed by atoms with E-state index in [0.717, 1.165) is 31.5 Å². The average Bonchev–Trinajstić information content (AvgIpc) is 2.39. The normalized spacial score (nSPS) is 24.0. The molecule has 1 fully saturated rings. The van der Waals surface area contributed by atoms with E-state index in [1.54, 1.807) is 0 Å². The molecule has 1 saturated heterocycles. The van der Waals surface area contributed by atoms with Crippen molar-refractivity contribution in [3.8, 4) is 0 Å². The first kappa shape index (κ1) is 12.9. The predicted molar refractivity (Wildman–Crippen MR) is 73.0 cm³/mol. The fourth-order valence-electron chi connectivity index (χ4n) is 2.58. The molecular weight excluding hydrogens is 226 g/mol. The van der Waals surface area contributed by atoms with Crippen LogP contribution < -0.4 is 4.90 Å². The van der Waals surface area contributed by atoms with Crippen LogP contribution in [0.25, 0.3) is 0 Å². The molecule has 0 amide bonds. The second kappa shape index (κ2) is 5.01. The number of benzene rings is 1. The molecule has 0 bridgehead atoms. The molecule has 18 heavy (non-hydrogen) atoms. The molecule has 1 atom stereocenters. The Morgan fingerprint density at radius 3 is 2.61 bits per heavy atom. The van der Waals surface area contributed by atoms with Crippen molar-refractivity contribution in [3.63, 3.8) is 0 Å². The molecule has 1 N–H and O–H groups in total. The average molecular weight is 247 g/mol. The summed E-state index contributed by atoms with van der Waals surface area (Å²) in [5.41, 5.74) is 1.85. The Kier molecular flexibility index (Phi) is 3.60. The van der Waals surface area contributed by atoms with Crippen molar-refractivity contribution in [1.29, 1.82) is 0 Å². The molecule has 1 aromatic carbocycles. The monoisotopic (exact) mass is 247 g/mol. The molecular formula is C15H21NO2. The maximum atomic E-state index is 11.3. The van der Waals surface area contributed by atoms with Gasteiger partial charge in [-0.2, -0.15) is 0 Å². The van der Waals surface area contributed by atoms with Gasteiger partial charge in [0.1, 0.15) is 0 Å². The van der Waals surface area contributed by atoms with Crippen molar-refractivity contribution in [2.75, 3.05) is 18.0 Å². The van der Waals surface area contributed by atoms with Crippen LogP contribution in [0.2, 0.25) is 0 Å². The molecule has 1 heterocycles. The number of piperidine rings is 1. The van der Waals surface area contributed by atoms with E-state index < -0.39 is 11.4 Å². The van der Waals surface area contributed by atoms with Crippen molar-refractivity contribution < 1.29 is 9.90 Å². The molecule has 0 saturated carbocycles. The van der Waals surface area contributed by atoms with Gasteiger partial charge in [0.05, 0.1) is 5.41 Å². The van der Waals surface area contributed by atoms with Crippen molar-refractivity contribution in [1.82, 2.24) is 0 Å². The van der Waals surface area contributed by atoms with Crippen LogP contribution in [0.15, 0.2) is 24.3 Å². The molecule has 1 unspecified atom stereocenters. The highest BCUT2D eigenvalue weighted by molar-refractivity contribution is 5.75. The number of aryl methyl sites for hydroxylation is 1. The van der Waals surface area contributed by atoms with Gasteiger partial charge in [0.2, 0.25) is 0 Å². The standard InChI is InChI=1S/C15H21NO2/c1-3-12-5-7-13(8-6-12)16-10-4-9-15(2,11-16)14(17)18/h5-8H,3-4,9-11H2,1-2H3,(H,17,18). The number of rotatable bonds is 3. The molecule has 3 nitrogen and oxygen atoms in total. The summed E-state index contributed by atoms with van der Waals surface area (Å²) in [5.74, 6) is -0.683. The second-order valence-electron chi connectivity index (χ2n) is 5.41. The Balaban J connectivity index is 2.15. The summed E-state index contributed by atoms with van der Waals surface area (Å²) in [6, 6.07) is 8.46. The summed E-state index contributed by atoms with van der Waals surface area (Å²) < 4.78 is 0. The summed E-state index contributed by atoms with van der Waals surface area (Å²) in [6.07, 6.45) is 2.75. The van der Waals surface area contributed by atoms with Crippen molar-refractivity contribution in [3.05, 3.63) is 29.8 Å². The Bertz CT molecular complexity index is 427. The molecule has 0 aliphatic carbocycles. The molecule has 1 aliphatic heterocycles. The summed E-state index contributed by atoms with van der Waals surface area (Å²) in [5, 5.41) is 9.32. The Morgan fingerprint density at radius 2 is 2.06 bits per heavy atom. The van der Waals surface area contributed by atoms with Gasteiger partial charge in [-0.05, 0) is 43.9 Å². The number of hydrogen-bond acceptors (Lipinski definition) is 2. The van der Waals surface area contributed by atoms with Crippen molar-refractivity contribution in [2.45, 2.75) is 33.1 Å². The highest BCUT2D eigenvalue weighted by Gasteiger charge is 2.37. The number of carbonyl (C=O) groups is 1. The summed E-state index contributed by atoms with van der Waals surface area (Å²) >= 11 is 0. The van der Waals surface area contributed by atoms with E-state index in [1.165, 1.54) is 5.56 Å². The predicted octanol–water partition coefficient (Wildman–Crippen LogP) is 2.94. The Labute approximate surface area is 108 Å². The van der Waals surface area contributed by atoms with Gasteiger partial charge in [0.25, 0.3) is 0 Å². The van der Waals surface area contributed by atoms with Crippen molar-refractivity contribution in [2.24, 2.45) is 5.41 Å².